The van der Waals surface area contributed by atoms with Crippen molar-refractivity contribution >= 4 is 17.6 Å². The molecule has 2 rings (SSSR count). The molecule has 0 aliphatic heterocycles. The second-order valence-corrected chi connectivity index (χ2v) is 5.40. The fourth-order valence-electron chi connectivity index (χ4n) is 2.69. The Bertz CT molecular complexity index is 611. The zero-order chi connectivity index (χ0) is 16.8. The third-order valence-corrected chi connectivity index (χ3v) is 3.88. The van der Waals surface area contributed by atoms with Crippen molar-refractivity contribution < 1.29 is 24.5 Å². The predicted octanol–water partition coefficient (Wildman–Crippen LogP) is 2.18. The normalized spacial score (nSPS) is 20.1. The lowest BCUT2D eigenvalue weighted by atomic mass is 9.82. The van der Waals surface area contributed by atoms with Gasteiger partial charge >= 0.3 is 5.97 Å². The van der Waals surface area contributed by atoms with Crippen LogP contribution in [0.1, 0.15) is 25.3 Å². The lowest BCUT2D eigenvalue weighted by molar-refractivity contribution is -0.146. The van der Waals surface area contributed by atoms with Gasteiger partial charge in [-0.05, 0) is 38.0 Å². The van der Waals surface area contributed by atoms with E-state index >= 15 is 0 Å². The van der Waals surface area contributed by atoms with Crippen LogP contribution in [0, 0.1) is 11.8 Å². The SMILES string of the molecule is CCOc1ccc(NC(=O)[C@@H]2CC=CC[C@H]2C(=O)O)cc1CO. The van der Waals surface area contributed by atoms with E-state index in [0.29, 0.717) is 36.4 Å². The van der Waals surface area contributed by atoms with E-state index in [0.717, 1.165) is 0 Å². The second-order valence-electron chi connectivity index (χ2n) is 5.40. The third kappa shape index (κ3) is 4.10. The minimum absolute atomic E-state index is 0.205. The average Bonchev–Trinajstić information content (AvgIpc) is 2.56. The van der Waals surface area contributed by atoms with Gasteiger partial charge < -0.3 is 20.3 Å². The molecule has 1 amide bonds. The summed E-state index contributed by atoms with van der Waals surface area (Å²) in [5.74, 6) is -2.02. The predicted molar refractivity (Wildman–Crippen MR) is 85.2 cm³/mol. The number of rotatable bonds is 6. The van der Waals surface area contributed by atoms with Crippen LogP contribution in [0.5, 0.6) is 5.75 Å². The second kappa shape index (κ2) is 7.78. The molecule has 0 saturated carbocycles. The summed E-state index contributed by atoms with van der Waals surface area (Å²) in [5.41, 5.74) is 1.09. The van der Waals surface area contributed by atoms with Gasteiger partial charge in [-0.15, -0.1) is 0 Å². The molecule has 2 atom stereocenters. The fourth-order valence-corrected chi connectivity index (χ4v) is 2.69. The van der Waals surface area contributed by atoms with Gasteiger partial charge in [0.05, 0.1) is 25.0 Å². The van der Waals surface area contributed by atoms with Crippen molar-refractivity contribution in [2.24, 2.45) is 11.8 Å². The summed E-state index contributed by atoms with van der Waals surface area (Å²) < 4.78 is 5.39. The first kappa shape index (κ1) is 17.0. The number of aliphatic hydroxyl groups is 1. The molecule has 6 nitrogen and oxygen atoms in total. The van der Waals surface area contributed by atoms with Crippen LogP contribution in [-0.4, -0.2) is 28.7 Å². The first-order valence-corrected chi connectivity index (χ1v) is 7.62. The summed E-state index contributed by atoms with van der Waals surface area (Å²) in [6.45, 7) is 2.12. The van der Waals surface area contributed by atoms with Gasteiger partial charge in [0, 0.05) is 11.3 Å². The highest BCUT2D eigenvalue weighted by Crippen LogP contribution is 2.28. The van der Waals surface area contributed by atoms with Crippen molar-refractivity contribution in [3.8, 4) is 5.75 Å². The smallest absolute Gasteiger partial charge is 0.307 e. The molecule has 1 aliphatic rings. The van der Waals surface area contributed by atoms with Crippen molar-refractivity contribution in [3.05, 3.63) is 35.9 Å². The number of ether oxygens (including phenoxy) is 1. The largest absolute Gasteiger partial charge is 0.494 e. The van der Waals surface area contributed by atoms with Gasteiger partial charge in [0.2, 0.25) is 5.91 Å². The highest BCUT2D eigenvalue weighted by atomic mass is 16.5. The summed E-state index contributed by atoms with van der Waals surface area (Å²) in [5, 5.41) is 21.4. The monoisotopic (exact) mass is 319 g/mol. The molecular formula is C17H21NO5. The van der Waals surface area contributed by atoms with Crippen molar-refractivity contribution in [2.45, 2.75) is 26.4 Å². The summed E-state index contributed by atoms with van der Waals surface area (Å²) in [6, 6.07) is 4.99. The van der Waals surface area contributed by atoms with E-state index in [1.807, 2.05) is 13.0 Å². The number of allylic oxidation sites excluding steroid dienone is 2. The number of carboxylic acid groups (broad SMARTS) is 1. The third-order valence-electron chi connectivity index (χ3n) is 3.88. The molecule has 0 radical (unpaired) electrons. The molecule has 3 N–H and O–H groups in total. The van der Waals surface area contributed by atoms with Gasteiger partial charge in [-0.3, -0.25) is 9.59 Å². The highest BCUT2D eigenvalue weighted by Gasteiger charge is 2.33. The summed E-state index contributed by atoms with van der Waals surface area (Å²) in [6.07, 6.45) is 4.40. The molecule has 0 unspecified atom stereocenters. The molecule has 0 aromatic heterocycles. The lowest BCUT2D eigenvalue weighted by Crippen LogP contribution is -2.34. The van der Waals surface area contributed by atoms with Crippen molar-refractivity contribution in [1.29, 1.82) is 0 Å². The maximum Gasteiger partial charge on any atom is 0.307 e. The Kier molecular flexibility index (Phi) is 5.76. The van der Waals surface area contributed by atoms with Gasteiger partial charge in [0.1, 0.15) is 5.75 Å². The summed E-state index contributed by atoms with van der Waals surface area (Å²) in [7, 11) is 0. The Morgan fingerprint density at radius 3 is 2.57 bits per heavy atom. The molecule has 6 heteroatoms. The first-order valence-electron chi connectivity index (χ1n) is 7.62. The maximum atomic E-state index is 12.4. The van der Waals surface area contributed by atoms with Gasteiger partial charge in [0.15, 0.2) is 0 Å². The summed E-state index contributed by atoms with van der Waals surface area (Å²) in [4.78, 5) is 23.7. The van der Waals surface area contributed by atoms with Crippen molar-refractivity contribution in [2.75, 3.05) is 11.9 Å². The van der Waals surface area contributed by atoms with Crippen LogP contribution in [0.15, 0.2) is 30.4 Å². The maximum absolute atomic E-state index is 12.4. The molecule has 0 bridgehead atoms. The minimum Gasteiger partial charge on any atom is -0.494 e. The number of hydrogen-bond donors (Lipinski definition) is 3. The number of amides is 1. The molecule has 1 aromatic carbocycles. The Hall–Kier alpha value is -2.34. The standard InChI is InChI=1S/C17H21NO5/c1-2-23-15-8-7-12(9-11(15)10-19)18-16(20)13-5-3-4-6-14(13)17(21)22/h3-4,7-9,13-14,19H,2,5-6,10H2,1H3,(H,18,20)(H,21,22)/t13-,14-/m1/s1. The van der Waals surface area contributed by atoms with Crippen molar-refractivity contribution in [3.63, 3.8) is 0 Å². The summed E-state index contributed by atoms with van der Waals surface area (Å²) >= 11 is 0. The van der Waals surface area contributed by atoms with Crippen LogP contribution in [0.2, 0.25) is 0 Å². The van der Waals surface area contributed by atoms with E-state index < -0.39 is 17.8 Å². The van der Waals surface area contributed by atoms with E-state index in [1.54, 1.807) is 24.3 Å². The van der Waals surface area contributed by atoms with E-state index in [2.05, 4.69) is 5.32 Å². The molecule has 0 spiro atoms. The van der Waals surface area contributed by atoms with E-state index in [9.17, 15) is 19.8 Å². The van der Waals surface area contributed by atoms with Crippen LogP contribution in [0.25, 0.3) is 0 Å². The van der Waals surface area contributed by atoms with E-state index in [1.165, 1.54) is 0 Å². The number of anilines is 1. The fraction of sp³-hybridized carbons (Fsp3) is 0.412. The van der Waals surface area contributed by atoms with Crippen molar-refractivity contribution in [1.82, 2.24) is 0 Å². The highest BCUT2D eigenvalue weighted by molar-refractivity contribution is 5.95. The molecule has 0 fully saturated rings. The molecular weight excluding hydrogens is 298 g/mol. The van der Waals surface area contributed by atoms with Crippen LogP contribution < -0.4 is 10.1 Å². The quantitative estimate of drug-likeness (QED) is 0.699. The Labute approximate surface area is 134 Å². The number of aliphatic hydroxyl groups excluding tert-OH is 1. The number of hydrogen-bond acceptors (Lipinski definition) is 4. The van der Waals surface area contributed by atoms with E-state index in [4.69, 9.17) is 4.74 Å². The van der Waals surface area contributed by atoms with Gasteiger partial charge in [0.25, 0.3) is 0 Å². The van der Waals surface area contributed by atoms with Gasteiger partial charge in [-0.25, -0.2) is 0 Å². The molecule has 1 aliphatic carbocycles. The zero-order valence-electron chi connectivity index (χ0n) is 13.0. The van der Waals surface area contributed by atoms with Crippen LogP contribution in [-0.2, 0) is 16.2 Å². The number of carboxylic acids is 1. The molecule has 0 saturated heterocycles. The Balaban J connectivity index is 2.13. The molecule has 0 heterocycles. The van der Waals surface area contributed by atoms with E-state index in [-0.39, 0.29) is 12.5 Å². The first-order chi connectivity index (χ1) is 11.1. The number of nitrogens with one attached hydrogen (secondary N) is 1. The van der Waals surface area contributed by atoms with Crippen LogP contribution in [0.4, 0.5) is 5.69 Å². The topological polar surface area (TPSA) is 95.9 Å². The van der Waals surface area contributed by atoms with Crippen LogP contribution in [0.3, 0.4) is 0 Å². The molecule has 23 heavy (non-hydrogen) atoms. The molecule has 1 aromatic rings. The van der Waals surface area contributed by atoms with Gasteiger partial charge in [-0.1, -0.05) is 12.2 Å². The van der Waals surface area contributed by atoms with Crippen LogP contribution >= 0.6 is 0 Å². The lowest BCUT2D eigenvalue weighted by Gasteiger charge is -2.24. The Morgan fingerprint density at radius 2 is 1.96 bits per heavy atom. The minimum atomic E-state index is -0.961. The number of aliphatic carboxylic acids is 1. The Morgan fingerprint density at radius 1 is 1.26 bits per heavy atom. The number of carbonyl (C=O) groups excluding carboxylic acids is 1. The average molecular weight is 319 g/mol. The zero-order valence-corrected chi connectivity index (χ0v) is 13.0. The van der Waals surface area contributed by atoms with Gasteiger partial charge in [-0.2, -0.15) is 0 Å². The number of carbonyl (C=O) groups is 2. The number of benzene rings is 1. The molecule has 124 valence electrons.